The summed E-state index contributed by atoms with van der Waals surface area (Å²) < 4.78 is 30.9. The maximum atomic E-state index is 11.6. The first-order valence-electron chi connectivity index (χ1n) is 10.4. The number of ether oxygens (including phenoxy) is 1. The van der Waals surface area contributed by atoms with E-state index < -0.39 is 10.0 Å². The predicted octanol–water partition coefficient (Wildman–Crippen LogP) is 2.92. The van der Waals surface area contributed by atoms with Gasteiger partial charge in [-0.05, 0) is 31.7 Å². The second-order valence-electron chi connectivity index (χ2n) is 7.59. The lowest BCUT2D eigenvalue weighted by atomic mass is 9.89. The third-order valence-electron chi connectivity index (χ3n) is 5.30. The van der Waals surface area contributed by atoms with Gasteiger partial charge in [0.15, 0.2) is 5.96 Å². The van der Waals surface area contributed by atoms with E-state index in [1.54, 1.807) is 7.05 Å². The molecular weight excluding hydrogens is 515 g/mol. The highest BCUT2D eigenvalue weighted by atomic mass is 127. The minimum Gasteiger partial charge on any atom is -0.373 e. The zero-order valence-corrected chi connectivity index (χ0v) is 21.7. The Balaban J connectivity index is 0.00000450. The van der Waals surface area contributed by atoms with Gasteiger partial charge in [0.25, 0.3) is 0 Å². The van der Waals surface area contributed by atoms with Crippen molar-refractivity contribution in [2.24, 2.45) is 10.9 Å². The molecule has 7 nitrogen and oxygen atoms in total. The number of aryl methyl sites for hydroxylation is 1. The van der Waals surface area contributed by atoms with Crippen LogP contribution in [-0.2, 0) is 14.8 Å². The molecule has 0 aliphatic carbocycles. The Hall–Kier alpha value is -0.910. The van der Waals surface area contributed by atoms with Crippen molar-refractivity contribution in [2.75, 3.05) is 46.1 Å². The van der Waals surface area contributed by atoms with Crippen LogP contribution < -0.4 is 10.6 Å². The molecule has 0 spiro atoms. The Morgan fingerprint density at radius 3 is 2.57 bits per heavy atom. The quantitative estimate of drug-likeness (QED) is 0.213. The van der Waals surface area contributed by atoms with Crippen molar-refractivity contribution < 1.29 is 13.2 Å². The fourth-order valence-corrected chi connectivity index (χ4v) is 4.58. The van der Waals surface area contributed by atoms with Crippen molar-refractivity contribution in [3.63, 3.8) is 0 Å². The van der Waals surface area contributed by atoms with Gasteiger partial charge < -0.3 is 15.4 Å². The average Bonchev–Trinajstić information content (AvgIpc) is 2.70. The van der Waals surface area contributed by atoms with Crippen molar-refractivity contribution >= 4 is 40.0 Å². The standard InChI is InChI=1S/C21H36N4O3S.HI/c1-5-25(29(4,26)27)14-7-13-23-21(22-3)24-16-19-8-6-15-28-20(19)18-11-9-17(2)10-12-18;/h9-12,19-20H,5-8,13-16H2,1-4H3,(H2,22,23,24);1H. The van der Waals surface area contributed by atoms with Gasteiger partial charge >= 0.3 is 0 Å². The van der Waals surface area contributed by atoms with Crippen LogP contribution in [0.1, 0.15) is 43.4 Å². The van der Waals surface area contributed by atoms with Crippen LogP contribution in [0.25, 0.3) is 0 Å². The molecule has 0 radical (unpaired) electrons. The number of guanidine groups is 1. The molecule has 1 heterocycles. The molecule has 1 saturated heterocycles. The summed E-state index contributed by atoms with van der Waals surface area (Å²) in [5.74, 6) is 1.12. The Labute approximate surface area is 199 Å². The van der Waals surface area contributed by atoms with Crippen molar-refractivity contribution in [1.29, 1.82) is 0 Å². The number of sulfonamides is 1. The van der Waals surface area contributed by atoms with Gasteiger partial charge in [0.05, 0.1) is 12.4 Å². The van der Waals surface area contributed by atoms with E-state index in [9.17, 15) is 8.42 Å². The van der Waals surface area contributed by atoms with Gasteiger partial charge in [-0.15, -0.1) is 24.0 Å². The van der Waals surface area contributed by atoms with Crippen LogP contribution in [0.4, 0.5) is 0 Å². The number of halogens is 1. The van der Waals surface area contributed by atoms with Crippen LogP contribution in [0.5, 0.6) is 0 Å². The number of hydrogen-bond donors (Lipinski definition) is 2. The molecular formula is C21H37IN4O3S. The third kappa shape index (κ3) is 8.68. The molecule has 0 bridgehead atoms. The second kappa shape index (κ2) is 13.5. The molecule has 1 aromatic rings. The SMILES string of the molecule is CCN(CCCNC(=NC)NCC1CCCOC1c1ccc(C)cc1)S(C)(=O)=O.I. The lowest BCUT2D eigenvalue weighted by Crippen LogP contribution is -2.42. The van der Waals surface area contributed by atoms with Crippen LogP contribution in [-0.4, -0.2) is 64.8 Å². The summed E-state index contributed by atoms with van der Waals surface area (Å²) in [5.41, 5.74) is 2.48. The first-order valence-corrected chi connectivity index (χ1v) is 12.3. The van der Waals surface area contributed by atoms with E-state index in [1.165, 1.54) is 21.7 Å². The first-order chi connectivity index (χ1) is 13.8. The van der Waals surface area contributed by atoms with Gasteiger partial charge in [-0.2, -0.15) is 0 Å². The van der Waals surface area contributed by atoms with Gasteiger partial charge in [0, 0.05) is 45.8 Å². The summed E-state index contributed by atoms with van der Waals surface area (Å²) in [6.07, 6.45) is 4.26. The fourth-order valence-electron chi connectivity index (χ4n) is 3.65. The van der Waals surface area contributed by atoms with Gasteiger partial charge in [-0.3, -0.25) is 4.99 Å². The van der Waals surface area contributed by atoms with Gasteiger partial charge in [0.2, 0.25) is 10.0 Å². The summed E-state index contributed by atoms with van der Waals surface area (Å²) in [7, 11) is -1.39. The zero-order chi connectivity index (χ0) is 21.3. The largest absolute Gasteiger partial charge is 0.373 e. The number of nitrogens with zero attached hydrogens (tertiary/aromatic N) is 2. The normalized spacial score (nSPS) is 20.0. The molecule has 2 atom stereocenters. The van der Waals surface area contributed by atoms with Crippen LogP contribution in [0.2, 0.25) is 0 Å². The molecule has 1 aliphatic rings. The molecule has 172 valence electrons. The van der Waals surface area contributed by atoms with Crippen LogP contribution in [0.3, 0.4) is 0 Å². The Morgan fingerprint density at radius 1 is 1.27 bits per heavy atom. The minimum atomic E-state index is -3.14. The van der Waals surface area contributed by atoms with Crippen LogP contribution >= 0.6 is 24.0 Å². The maximum Gasteiger partial charge on any atom is 0.211 e. The highest BCUT2D eigenvalue weighted by Crippen LogP contribution is 2.33. The number of rotatable bonds is 9. The lowest BCUT2D eigenvalue weighted by Gasteiger charge is -2.32. The van der Waals surface area contributed by atoms with E-state index in [-0.39, 0.29) is 30.1 Å². The molecule has 9 heteroatoms. The molecule has 1 fully saturated rings. The summed E-state index contributed by atoms with van der Waals surface area (Å²) in [5, 5.41) is 6.69. The van der Waals surface area contributed by atoms with Crippen molar-refractivity contribution in [2.45, 2.75) is 39.2 Å². The average molecular weight is 553 g/mol. The topological polar surface area (TPSA) is 83.0 Å². The Morgan fingerprint density at radius 2 is 1.97 bits per heavy atom. The molecule has 2 rings (SSSR count). The van der Waals surface area contributed by atoms with E-state index in [0.29, 0.717) is 25.6 Å². The molecule has 30 heavy (non-hydrogen) atoms. The van der Waals surface area contributed by atoms with E-state index in [4.69, 9.17) is 4.74 Å². The highest BCUT2D eigenvalue weighted by Gasteiger charge is 2.27. The first kappa shape index (κ1) is 27.1. The molecule has 1 aliphatic heterocycles. The van der Waals surface area contributed by atoms with Gasteiger partial charge in [-0.25, -0.2) is 12.7 Å². The third-order valence-corrected chi connectivity index (χ3v) is 6.68. The van der Waals surface area contributed by atoms with Crippen molar-refractivity contribution in [1.82, 2.24) is 14.9 Å². The molecule has 0 amide bonds. The van der Waals surface area contributed by atoms with Gasteiger partial charge in [0.1, 0.15) is 0 Å². The number of aliphatic imine (C=N–C) groups is 1. The summed E-state index contributed by atoms with van der Waals surface area (Å²) in [6.45, 7) is 7.19. The molecule has 2 unspecified atom stereocenters. The molecule has 1 aromatic carbocycles. The van der Waals surface area contributed by atoms with Crippen molar-refractivity contribution in [3.05, 3.63) is 35.4 Å². The summed E-state index contributed by atoms with van der Waals surface area (Å²) in [4.78, 5) is 4.29. The Kier molecular flexibility index (Phi) is 12.2. The fraction of sp³-hybridized carbons (Fsp3) is 0.667. The van der Waals surface area contributed by atoms with E-state index in [0.717, 1.165) is 38.4 Å². The van der Waals surface area contributed by atoms with Crippen LogP contribution in [0.15, 0.2) is 29.3 Å². The maximum absolute atomic E-state index is 11.6. The lowest BCUT2D eigenvalue weighted by molar-refractivity contribution is -0.0265. The van der Waals surface area contributed by atoms with E-state index in [1.807, 2.05) is 6.92 Å². The summed E-state index contributed by atoms with van der Waals surface area (Å²) >= 11 is 0. The van der Waals surface area contributed by atoms with Crippen LogP contribution in [0, 0.1) is 12.8 Å². The monoisotopic (exact) mass is 552 g/mol. The summed E-state index contributed by atoms with van der Waals surface area (Å²) in [6, 6.07) is 8.59. The van der Waals surface area contributed by atoms with Gasteiger partial charge in [-0.1, -0.05) is 36.8 Å². The molecule has 0 saturated carbocycles. The highest BCUT2D eigenvalue weighted by molar-refractivity contribution is 14.0. The smallest absolute Gasteiger partial charge is 0.211 e. The predicted molar refractivity (Wildman–Crippen MR) is 134 cm³/mol. The Bertz CT molecular complexity index is 756. The van der Waals surface area contributed by atoms with Crippen molar-refractivity contribution in [3.8, 4) is 0 Å². The zero-order valence-electron chi connectivity index (χ0n) is 18.6. The van der Waals surface area contributed by atoms with E-state index >= 15 is 0 Å². The minimum absolute atomic E-state index is 0. The second-order valence-corrected chi connectivity index (χ2v) is 9.57. The van der Waals surface area contributed by atoms with E-state index in [2.05, 4.69) is 46.8 Å². The number of nitrogens with one attached hydrogen (secondary N) is 2. The molecule has 0 aromatic heterocycles. The number of benzene rings is 1. The molecule has 2 N–H and O–H groups in total. The number of hydrogen-bond acceptors (Lipinski definition) is 4.